The van der Waals surface area contributed by atoms with Gasteiger partial charge < -0.3 is 15.2 Å². The van der Waals surface area contributed by atoms with Crippen LogP contribution in [0.5, 0.6) is 0 Å². The summed E-state index contributed by atoms with van der Waals surface area (Å²) >= 11 is 5.92. The lowest BCUT2D eigenvalue weighted by Crippen LogP contribution is -2.50. The smallest absolute Gasteiger partial charge is 0.234 e. The standard InChI is InChI=1S/C18H24ClN5O/c1-13(14-3-5-15(19)6-4-14)22-17(25)12-24-10-7-20-11-16(24)18-21-8-9-23(18)2/h3-6,8-9,13,16,20H,7,10-12H2,1-2H3,(H,22,25). The van der Waals surface area contributed by atoms with Crippen LogP contribution in [0.4, 0.5) is 0 Å². The highest BCUT2D eigenvalue weighted by molar-refractivity contribution is 6.30. The maximum atomic E-state index is 12.5. The lowest BCUT2D eigenvalue weighted by Gasteiger charge is -2.35. The largest absolute Gasteiger partial charge is 0.348 e. The molecule has 2 aromatic rings. The van der Waals surface area contributed by atoms with Crippen LogP contribution in [0.2, 0.25) is 5.02 Å². The summed E-state index contributed by atoms with van der Waals surface area (Å²) in [6, 6.07) is 7.60. The zero-order chi connectivity index (χ0) is 17.8. The van der Waals surface area contributed by atoms with Gasteiger partial charge in [-0.25, -0.2) is 4.98 Å². The molecule has 7 heteroatoms. The van der Waals surface area contributed by atoms with Crippen LogP contribution in [0.15, 0.2) is 36.7 Å². The minimum atomic E-state index is -0.0562. The molecule has 0 bridgehead atoms. The number of nitrogens with zero attached hydrogens (tertiary/aromatic N) is 3. The van der Waals surface area contributed by atoms with Crippen LogP contribution in [-0.2, 0) is 11.8 Å². The van der Waals surface area contributed by atoms with Gasteiger partial charge >= 0.3 is 0 Å². The van der Waals surface area contributed by atoms with Crippen LogP contribution in [0.3, 0.4) is 0 Å². The number of aryl methyl sites for hydroxylation is 1. The molecule has 2 unspecified atom stereocenters. The molecule has 1 aromatic heterocycles. The minimum absolute atomic E-state index is 0.0172. The third kappa shape index (κ3) is 4.39. The van der Waals surface area contributed by atoms with Gasteiger partial charge in [0.15, 0.2) is 0 Å². The molecule has 3 rings (SSSR count). The Morgan fingerprint density at radius 1 is 1.44 bits per heavy atom. The number of amides is 1. The van der Waals surface area contributed by atoms with E-state index >= 15 is 0 Å². The van der Waals surface area contributed by atoms with Gasteiger partial charge in [0.25, 0.3) is 0 Å². The zero-order valence-corrected chi connectivity index (χ0v) is 15.3. The first-order valence-electron chi connectivity index (χ1n) is 8.51. The number of nitrogens with one attached hydrogen (secondary N) is 2. The first kappa shape index (κ1) is 17.9. The predicted molar refractivity (Wildman–Crippen MR) is 98.4 cm³/mol. The normalized spacial score (nSPS) is 19.6. The van der Waals surface area contributed by atoms with Gasteiger partial charge in [-0.1, -0.05) is 23.7 Å². The molecule has 1 aliphatic rings. The van der Waals surface area contributed by atoms with Gasteiger partial charge in [0, 0.05) is 44.1 Å². The summed E-state index contributed by atoms with van der Waals surface area (Å²) in [5.74, 6) is 0.995. The summed E-state index contributed by atoms with van der Waals surface area (Å²) < 4.78 is 2.01. The van der Waals surface area contributed by atoms with E-state index in [-0.39, 0.29) is 18.0 Å². The first-order chi connectivity index (χ1) is 12.0. The van der Waals surface area contributed by atoms with Crippen molar-refractivity contribution in [3.05, 3.63) is 53.1 Å². The third-order valence-corrected chi connectivity index (χ3v) is 4.86. The Morgan fingerprint density at radius 2 is 2.20 bits per heavy atom. The lowest BCUT2D eigenvalue weighted by atomic mass is 10.1. The number of hydrogen-bond donors (Lipinski definition) is 2. The maximum absolute atomic E-state index is 12.5. The highest BCUT2D eigenvalue weighted by Crippen LogP contribution is 2.20. The number of carbonyl (C=O) groups excluding carboxylic acids is 1. The average molecular weight is 362 g/mol. The molecule has 0 spiro atoms. The van der Waals surface area contributed by atoms with Crippen LogP contribution in [0, 0.1) is 0 Å². The number of aromatic nitrogens is 2. The highest BCUT2D eigenvalue weighted by Gasteiger charge is 2.28. The Balaban J connectivity index is 1.62. The van der Waals surface area contributed by atoms with E-state index in [1.165, 1.54) is 0 Å². The summed E-state index contributed by atoms with van der Waals surface area (Å²) in [4.78, 5) is 19.2. The van der Waals surface area contributed by atoms with Gasteiger partial charge in [-0.15, -0.1) is 0 Å². The average Bonchev–Trinajstić information content (AvgIpc) is 3.01. The van der Waals surface area contributed by atoms with Crippen LogP contribution < -0.4 is 10.6 Å². The van der Waals surface area contributed by atoms with Gasteiger partial charge in [-0.3, -0.25) is 9.69 Å². The fourth-order valence-corrected chi connectivity index (χ4v) is 3.32. The molecule has 1 fully saturated rings. The van der Waals surface area contributed by atoms with Crippen molar-refractivity contribution in [3.63, 3.8) is 0 Å². The van der Waals surface area contributed by atoms with Crippen molar-refractivity contribution in [1.82, 2.24) is 25.1 Å². The molecule has 25 heavy (non-hydrogen) atoms. The van der Waals surface area contributed by atoms with Crippen molar-refractivity contribution in [2.75, 3.05) is 26.2 Å². The molecule has 1 amide bonds. The van der Waals surface area contributed by atoms with Crippen molar-refractivity contribution in [3.8, 4) is 0 Å². The Morgan fingerprint density at radius 3 is 2.88 bits per heavy atom. The van der Waals surface area contributed by atoms with E-state index in [4.69, 9.17) is 11.6 Å². The summed E-state index contributed by atoms with van der Waals surface area (Å²) in [6.45, 7) is 4.83. The zero-order valence-electron chi connectivity index (χ0n) is 14.6. The van der Waals surface area contributed by atoms with E-state index in [2.05, 4.69) is 20.5 Å². The molecule has 1 aromatic carbocycles. The van der Waals surface area contributed by atoms with E-state index in [1.807, 2.05) is 49.0 Å². The number of carbonyl (C=O) groups is 1. The number of benzene rings is 1. The summed E-state index contributed by atoms with van der Waals surface area (Å²) in [7, 11) is 1.98. The van der Waals surface area contributed by atoms with Gasteiger partial charge in [-0.2, -0.15) is 0 Å². The lowest BCUT2D eigenvalue weighted by molar-refractivity contribution is -0.123. The monoisotopic (exact) mass is 361 g/mol. The fraction of sp³-hybridized carbons (Fsp3) is 0.444. The molecule has 2 N–H and O–H groups in total. The molecule has 2 atom stereocenters. The third-order valence-electron chi connectivity index (χ3n) is 4.60. The number of hydrogen-bond acceptors (Lipinski definition) is 4. The highest BCUT2D eigenvalue weighted by atomic mass is 35.5. The SMILES string of the molecule is CC(NC(=O)CN1CCNCC1c1nccn1C)c1ccc(Cl)cc1. The van der Waals surface area contributed by atoms with Crippen LogP contribution in [0.25, 0.3) is 0 Å². The summed E-state index contributed by atoms with van der Waals surface area (Å²) in [5, 5.41) is 7.15. The molecule has 134 valence electrons. The second-order valence-corrected chi connectivity index (χ2v) is 6.86. The Labute approximate surface area is 153 Å². The van der Waals surface area contributed by atoms with E-state index in [0.29, 0.717) is 11.6 Å². The number of rotatable bonds is 5. The number of halogens is 1. The molecule has 1 aliphatic heterocycles. The Hall–Kier alpha value is -1.89. The van der Waals surface area contributed by atoms with Gasteiger partial charge in [0.2, 0.25) is 5.91 Å². The Kier molecular flexibility index (Phi) is 5.73. The summed E-state index contributed by atoms with van der Waals surface area (Å²) in [5.41, 5.74) is 1.04. The number of piperazine rings is 1. The van der Waals surface area contributed by atoms with E-state index in [1.54, 1.807) is 6.20 Å². The predicted octanol–water partition coefficient (Wildman–Crippen LogP) is 1.90. The minimum Gasteiger partial charge on any atom is -0.348 e. The molecule has 2 heterocycles. The quantitative estimate of drug-likeness (QED) is 0.853. The van der Waals surface area contributed by atoms with Gasteiger partial charge in [-0.05, 0) is 24.6 Å². The first-order valence-corrected chi connectivity index (χ1v) is 8.89. The second-order valence-electron chi connectivity index (χ2n) is 6.43. The Bertz CT molecular complexity index is 715. The topological polar surface area (TPSA) is 62.2 Å². The fourth-order valence-electron chi connectivity index (χ4n) is 3.19. The number of imidazole rings is 1. The van der Waals surface area contributed by atoms with Crippen LogP contribution in [0.1, 0.15) is 30.4 Å². The van der Waals surface area contributed by atoms with Crippen molar-refractivity contribution in [2.45, 2.75) is 19.0 Å². The van der Waals surface area contributed by atoms with Crippen molar-refractivity contribution < 1.29 is 4.79 Å². The van der Waals surface area contributed by atoms with Crippen LogP contribution in [-0.4, -0.2) is 46.5 Å². The molecule has 0 aliphatic carbocycles. The van der Waals surface area contributed by atoms with Gasteiger partial charge in [0.05, 0.1) is 18.6 Å². The second kappa shape index (κ2) is 7.99. The van der Waals surface area contributed by atoms with Gasteiger partial charge in [0.1, 0.15) is 5.82 Å². The van der Waals surface area contributed by atoms with E-state index in [0.717, 1.165) is 31.0 Å². The van der Waals surface area contributed by atoms with Crippen molar-refractivity contribution >= 4 is 17.5 Å². The molecular formula is C18H24ClN5O. The summed E-state index contributed by atoms with van der Waals surface area (Å²) in [6.07, 6.45) is 3.73. The molecule has 0 saturated carbocycles. The van der Waals surface area contributed by atoms with Crippen LogP contribution >= 0.6 is 11.6 Å². The molecule has 6 nitrogen and oxygen atoms in total. The molecular weight excluding hydrogens is 338 g/mol. The maximum Gasteiger partial charge on any atom is 0.234 e. The van der Waals surface area contributed by atoms with Crippen molar-refractivity contribution in [2.24, 2.45) is 7.05 Å². The van der Waals surface area contributed by atoms with E-state index in [9.17, 15) is 4.79 Å². The molecule has 1 saturated heterocycles. The van der Waals surface area contributed by atoms with E-state index < -0.39 is 0 Å². The van der Waals surface area contributed by atoms with Crippen molar-refractivity contribution in [1.29, 1.82) is 0 Å². The molecule has 0 radical (unpaired) electrons.